The summed E-state index contributed by atoms with van der Waals surface area (Å²) in [6.07, 6.45) is 5.17. The van der Waals surface area contributed by atoms with E-state index in [4.69, 9.17) is 0 Å². The van der Waals surface area contributed by atoms with Crippen molar-refractivity contribution in [1.29, 1.82) is 5.26 Å². The molecule has 0 N–H and O–H groups in total. The second kappa shape index (κ2) is 4.86. The molecule has 2 aromatic carbocycles. The smallest absolute Gasteiger partial charge is 0.100 e. The number of likely N-dealkylation sites (N-methyl/N-ethyl adjacent to an activating group) is 1. The molecule has 1 aliphatic carbocycles. The number of benzene rings is 2. The quantitative estimate of drug-likeness (QED) is 0.817. The van der Waals surface area contributed by atoms with Crippen LogP contribution in [0.5, 0.6) is 0 Å². The van der Waals surface area contributed by atoms with Gasteiger partial charge < -0.3 is 4.90 Å². The highest BCUT2D eigenvalue weighted by Gasteiger charge is 2.17. The van der Waals surface area contributed by atoms with Gasteiger partial charge in [-0.05, 0) is 29.0 Å². The Labute approximate surface area is 119 Å². The zero-order chi connectivity index (χ0) is 14.1. The van der Waals surface area contributed by atoms with Crippen LogP contribution in [0.4, 0.5) is 0 Å². The molecule has 0 unspecified atom stereocenters. The van der Waals surface area contributed by atoms with Crippen molar-refractivity contribution < 1.29 is 0 Å². The van der Waals surface area contributed by atoms with Gasteiger partial charge in [-0.3, -0.25) is 0 Å². The first-order valence-electron chi connectivity index (χ1n) is 6.71. The monoisotopic (exact) mass is 260 g/mol. The molecule has 0 fully saturated rings. The van der Waals surface area contributed by atoms with Gasteiger partial charge in [0.1, 0.15) is 6.07 Å². The third-order valence-corrected chi connectivity index (χ3v) is 3.75. The van der Waals surface area contributed by atoms with Crippen LogP contribution in [0.25, 0.3) is 16.3 Å². The molecule has 0 radical (unpaired) electrons. The van der Waals surface area contributed by atoms with Gasteiger partial charge in [0, 0.05) is 25.2 Å². The minimum atomic E-state index is 0.779. The van der Waals surface area contributed by atoms with Crippen LogP contribution in [0.3, 0.4) is 0 Å². The van der Waals surface area contributed by atoms with E-state index in [2.05, 4.69) is 35.3 Å². The Kier molecular flexibility index (Phi) is 3.04. The number of rotatable bonds is 2. The fourth-order valence-corrected chi connectivity index (χ4v) is 2.80. The van der Waals surface area contributed by atoms with Crippen molar-refractivity contribution in [3.8, 4) is 6.07 Å². The predicted octanol–water partition coefficient (Wildman–Crippen LogP) is 3.94. The van der Waals surface area contributed by atoms with Crippen molar-refractivity contribution in [2.75, 3.05) is 14.1 Å². The zero-order valence-electron chi connectivity index (χ0n) is 11.7. The van der Waals surface area contributed by atoms with E-state index >= 15 is 0 Å². The number of hydrogen-bond acceptors (Lipinski definition) is 2. The lowest BCUT2D eigenvalue weighted by Crippen LogP contribution is -2.10. The summed E-state index contributed by atoms with van der Waals surface area (Å²) in [7, 11) is 4.08. The lowest BCUT2D eigenvalue weighted by molar-refractivity contribution is 0.533. The van der Waals surface area contributed by atoms with Gasteiger partial charge in [-0.15, -0.1) is 0 Å². The fourth-order valence-electron chi connectivity index (χ4n) is 2.80. The average molecular weight is 260 g/mol. The Morgan fingerprint density at radius 2 is 1.90 bits per heavy atom. The first kappa shape index (κ1) is 12.5. The molecule has 0 bridgehead atoms. The van der Waals surface area contributed by atoms with Crippen molar-refractivity contribution in [3.05, 3.63) is 65.4 Å². The minimum absolute atomic E-state index is 0.779. The first-order valence-corrected chi connectivity index (χ1v) is 6.71. The van der Waals surface area contributed by atoms with Crippen molar-refractivity contribution in [2.45, 2.75) is 6.42 Å². The summed E-state index contributed by atoms with van der Waals surface area (Å²) >= 11 is 0. The van der Waals surface area contributed by atoms with Crippen LogP contribution in [0.15, 0.2) is 54.2 Å². The molecular formula is C18H16N2. The minimum Gasteiger partial charge on any atom is -0.377 e. The predicted molar refractivity (Wildman–Crippen MR) is 83.0 cm³/mol. The van der Waals surface area contributed by atoms with Gasteiger partial charge in [0.2, 0.25) is 0 Å². The molecule has 0 atom stereocenters. The largest absolute Gasteiger partial charge is 0.377 e. The molecule has 0 aromatic heterocycles. The summed E-state index contributed by atoms with van der Waals surface area (Å²) in [6.45, 7) is 0. The van der Waals surface area contributed by atoms with Gasteiger partial charge in [0.25, 0.3) is 0 Å². The normalized spacial score (nSPS) is 13.8. The number of allylic oxidation sites excluding steroid dienone is 3. The van der Waals surface area contributed by atoms with Crippen LogP contribution in [0, 0.1) is 11.3 Å². The van der Waals surface area contributed by atoms with Crippen LogP contribution < -0.4 is 0 Å². The number of nitriles is 1. The third-order valence-electron chi connectivity index (χ3n) is 3.75. The van der Waals surface area contributed by atoms with Crippen LogP contribution >= 0.6 is 0 Å². The van der Waals surface area contributed by atoms with E-state index in [1.165, 1.54) is 11.3 Å². The SMILES string of the molecule is CN(C)C1=C(c2ccc3ccccc3c2C#N)CC=C1. The standard InChI is InChI=1S/C18H16N2/c1-20(2)18-9-5-8-16(18)15-11-10-13-6-3-4-7-14(13)17(15)12-19/h3-7,9-11H,8H2,1-2H3. The summed E-state index contributed by atoms with van der Waals surface area (Å²) in [6, 6.07) is 14.6. The van der Waals surface area contributed by atoms with Crippen molar-refractivity contribution in [3.63, 3.8) is 0 Å². The summed E-state index contributed by atoms with van der Waals surface area (Å²) < 4.78 is 0. The number of nitrogens with zero attached hydrogens (tertiary/aromatic N) is 2. The van der Waals surface area contributed by atoms with E-state index in [0.717, 1.165) is 28.3 Å². The summed E-state index contributed by atoms with van der Waals surface area (Å²) in [5.74, 6) is 0. The van der Waals surface area contributed by atoms with Crippen molar-refractivity contribution in [1.82, 2.24) is 4.90 Å². The zero-order valence-corrected chi connectivity index (χ0v) is 11.7. The molecule has 2 nitrogen and oxygen atoms in total. The van der Waals surface area contributed by atoms with Crippen LogP contribution in [0.2, 0.25) is 0 Å². The molecule has 3 rings (SSSR count). The lowest BCUT2D eigenvalue weighted by atomic mass is 9.93. The molecule has 0 amide bonds. The van der Waals surface area contributed by atoms with Crippen LogP contribution in [0.1, 0.15) is 17.5 Å². The molecule has 0 aliphatic heterocycles. The molecule has 0 saturated heterocycles. The van der Waals surface area contributed by atoms with Gasteiger partial charge >= 0.3 is 0 Å². The Balaban J connectivity index is 2.28. The van der Waals surface area contributed by atoms with E-state index in [1.54, 1.807) is 0 Å². The summed E-state index contributed by atoms with van der Waals surface area (Å²) in [4.78, 5) is 2.11. The lowest BCUT2D eigenvalue weighted by Gasteiger charge is -2.17. The van der Waals surface area contributed by atoms with Gasteiger partial charge in [-0.2, -0.15) is 5.26 Å². The maximum absolute atomic E-state index is 9.60. The maximum Gasteiger partial charge on any atom is 0.100 e. The number of hydrogen-bond donors (Lipinski definition) is 0. The Morgan fingerprint density at radius 3 is 2.65 bits per heavy atom. The van der Waals surface area contributed by atoms with E-state index in [1.807, 2.05) is 38.4 Å². The van der Waals surface area contributed by atoms with E-state index < -0.39 is 0 Å². The van der Waals surface area contributed by atoms with E-state index in [-0.39, 0.29) is 0 Å². The second-order valence-corrected chi connectivity index (χ2v) is 5.19. The van der Waals surface area contributed by atoms with Crippen LogP contribution in [-0.2, 0) is 0 Å². The van der Waals surface area contributed by atoms with Crippen molar-refractivity contribution >= 4 is 16.3 Å². The highest BCUT2D eigenvalue weighted by molar-refractivity contribution is 5.94. The van der Waals surface area contributed by atoms with Crippen LogP contribution in [-0.4, -0.2) is 19.0 Å². The molecular weight excluding hydrogens is 244 g/mol. The maximum atomic E-state index is 9.60. The summed E-state index contributed by atoms with van der Waals surface area (Å²) in [5, 5.41) is 11.7. The molecule has 0 spiro atoms. The molecule has 0 saturated carbocycles. The van der Waals surface area contributed by atoms with Crippen molar-refractivity contribution in [2.24, 2.45) is 0 Å². The van der Waals surface area contributed by atoms with E-state index in [0.29, 0.717) is 0 Å². The second-order valence-electron chi connectivity index (χ2n) is 5.19. The topological polar surface area (TPSA) is 27.0 Å². The fraction of sp³-hybridized carbons (Fsp3) is 0.167. The Morgan fingerprint density at radius 1 is 1.10 bits per heavy atom. The Hall–Kier alpha value is -2.53. The van der Waals surface area contributed by atoms with Gasteiger partial charge in [-0.1, -0.05) is 42.5 Å². The average Bonchev–Trinajstić information content (AvgIpc) is 2.95. The molecule has 2 heteroatoms. The highest BCUT2D eigenvalue weighted by atomic mass is 15.1. The third kappa shape index (κ3) is 1.88. The molecule has 1 aliphatic rings. The first-order chi connectivity index (χ1) is 9.72. The summed E-state index contributed by atoms with van der Waals surface area (Å²) in [5.41, 5.74) is 4.26. The van der Waals surface area contributed by atoms with Gasteiger partial charge in [0.15, 0.2) is 0 Å². The van der Waals surface area contributed by atoms with Gasteiger partial charge in [0.05, 0.1) is 5.56 Å². The van der Waals surface area contributed by atoms with Gasteiger partial charge in [-0.25, -0.2) is 0 Å². The number of fused-ring (bicyclic) bond motifs is 1. The highest BCUT2D eigenvalue weighted by Crippen LogP contribution is 2.34. The molecule has 2 aromatic rings. The molecule has 0 heterocycles. The van der Waals surface area contributed by atoms with E-state index in [9.17, 15) is 5.26 Å². The Bertz CT molecular complexity index is 774. The molecule has 98 valence electrons. The molecule has 20 heavy (non-hydrogen) atoms.